The van der Waals surface area contributed by atoms with E-state index in [4.69, 9.17) is 4.98 Å². The summed E-state index contributed by atoms with van der Waals surface area (Å²) in [4.78, 5) is 26.1. The van der Waals surface area contributed by atoms with Crippen LogP contribution in [0.5, 0.6) is 0 Å². The lowest BCUT2D eigenvalue weighted by Crippen LogP contribution is -2.47. The molecule has 0 bridgehead atoms. The molecule has 5 nitrogen and oxygen atoms in total. The van der Waals surface area contributed by atoms with Gasteiger partial charge in [0.25, 0.3) is 0 Å². The van der Waals surface area contributed by atoms with E-state index in [0.717, 1.165) is 30.9 Å². The van der Waals surface area contributed by atoms with Gasteiger partial charge in [0.2, 0.25) is 5.95 Å². The van der Waals surface area contributed by atoms with Gasteiger partial charge in [-0.25, -0.2) is 14.4 Å². The second-order valence-electron chi connectivity index (χ2n) is 8.30. The Hall–Kier alpha value is -2.50. The number of piperazine rings is 1. The first-order chi connectivity index (χ1) is 12.8. The van der Waals surface area contributed by atoms with E-state index in [1.807, 2.05) is 19.1 Å². The van der Waals surface area contributed by atoms with Crippen LogP contribution in [0.1, 0.15) is 42.0 Å². The van der Waals surface area contributed by atoms with Crippen LogP contribution in [0.4, 0.5) is 16.0 Å². The number of Topliss-reactive ketones (excluding diaryl/α,β-unsaturated/α-hetero) is 1. The first-order valence-corrected chi connectivity index (χ1v) is 9.49. The molecule has 1 aliphatic carbocycles. The van der Waals surface area contributed by atoms with Crippen LogP contribution >= 0.6 is 0 Å². The number of carbonyl (C=O) groups excluding carboxylic acids is 1. The lowest BCUT2D eigenvalue weighted by molar-refractivity contribution is 0.0909. The number of hydrogen-bond donors (Lipinski definition) is 0. The Balaban J connectivity index is 1.55. The van der Waals surface area contributed by atoms with Gasteiger partial charge in [-0.15, -0.1) is 0 Å². The molecule has 0 unspecified atom stereocenters. The summed E-state index contributed by atoms with van der Waals surface area (Å²) in [5.74, 6) is 0.646. The predicted molar refractivity (Wildman–Crippen MR) is 104 cm³/mol. The number of para-hydroxylation sites is 1. The number of hydrogen-bond acceptors (Lipinski definition) is 5. The Morgan fingerprint density at radius 2 is 1.67 bits per heavy atom. The normalized spacial score (nSPS) is 19.2. The molecule has 1 aromatic heterocycles. The van der Waals surface area contributed by atoms with Crippen LogP contribution in [0, 0.1) is 18.2 Å². The fraction of sp³-hybridized carbons (Fsp3) is 0.476. The van der Waals surface area contributed by atoms with Crippen molar-refractivity contribution in [1.82, 2.24) is 9.97 Å². The van der Waals surface area contributed by atoms with Gasteiger partial charge in [0, 0.05) is 32.6 Å². The number of fused-ring (bicyclic) bond motifs is 1. The minimum atomic E-state index is -0.187. The summed E-state index contributed by atoms with van der Waals surface area (Å²) in [7, 11) is 0. The van der Waals surface area contributed by atoms with Gasteiger partial charge in [-0.3, -0.25) is 4.79 Å². The summed E-state index contributed by atoms with van der Waals surface area (Å²) in [5.41, 5.74) is 2.93. The molecule has 0 spiro atoms. The van der Waals surface area contributed by atoms with Gasteiger partial charge >= 0.3 is 0 Å². The fourth-order valence-corrected chi connectivity index (χ4v) is 4.14. The average Bonchev–Trinajstić information content (AvgIpc) is 2.60. The number of halogens is 1. The van der Waals surface area contributed by atoms with Crippen molar-refractivity contribution in [2.24, 2.45) is 5.41 Å². The summed E-state index contributed by atoms with van der Waals surface area (Å²) < 4.78 is 14.0. The molecular weight excluding hydrogens is 343 g/mol. The first-order valence-electron chi connectivity index (χ1n) is 9.49. The second kappa shape index (κ2) is 6.59. The summed E-state index contributed by atoms with van der Waals surface area (Å²) in [6.07, 6.45) is 1.34. The number of rotatable bonds is 2. The van der Waals surface area contributed by atoms with Gasteiger partial charge in [-0.05, 0) is 30.9 Å². The Labute approximate surface area is 159 Å². The lowest BCUT2D eigenvalue weighted by Gasteiger charge is -2.37. The Morgan fingerprint density at radius 1 is 1.00 bits per heavy atom. The molecule has 1 aromatic carbocycles. The molecule has 0 radical (unpaired) electrons. The van der Waals surface area contributed by atoms with Crippen molar-refractivity contribution < 1.29 is 9.18 Å². The Morgan fingerprint density at radius 3 is 2.37 bits per heavy atom. The van der Waals surface area contributed by atoms with Crippen molar-refractivity contribution in [3.8, 4) is 0 Å². The highest BCUT2D eigenvalue weighted by Gasteiger charge is 2.34. The van der Waals surface area contributed by atoms with Crippen molar-refractivity contribution >= 4 is 17.4 Å². The number of anilines is 2. The molecule has 2 aromatic rings. The number of nitrogens with zero attached hydrogens (tertiary/aromatic N) is 4. The van der Waals surface area contributed by atoms with E-state index < -0.39 is 0 Å². The molecule has 2 heterocycles. The maximum Gasteiger partial charge on any atom is 0.225 e. The molecule has 27 heavy (non-hydrogen) atoms. The van der Waals surface area contributed by atoms with Crippen molar-refractivity contribution in [2.45, 2.75) is 33.6 Å². The molecule has 142 valence electrons. The molecule has 6 heteroatoms. The molecule has 0 N–H and O–H groups in total. The van der Waals surface area contributed by atoms with E-state index in [2.05, 4.69) is 28.6 Å². The molecule has 2 aliphatic rings. The van der Waals surface area contributed by atoms with Gasteiger partial charge in [-0.2, -0.15) is 0 Å². The third-order valence-corrected chi connectivity index (χ3v) is 5.47. The minimum Gasteiger partial charge on any atom is -0.366 e. The highest BCUT2D eigenvalue weighted by Crippen LogP contribution is 2.35. The molecular formula is C21H25FN4O. The number of benzene rings is 1. The molecule has 0 atom stereocenters. The van der Waals surface area contributed by atoms with Crippen molar-refractivity contribution in [3.63, 3.8) is 0 Å². The van der Waals surface area contributed by atoms with Gasteiger partial charge in [0.15, 0.2) is 5.78 Å². The Bertz CT molecular complexity index is 888. The van der Waals surface area contributed by atoms with E-state index in [1.165, 1.54) is 6.07 Å². The third kappa shape index (κ3) is 3.40. The van der Waals surface area contributed by atoms with Gasteiger partial charge in [0.05, 0.1) is 22.6 Å². The van der Waals surface area contributed by atoms with E-state index in [-0.39, 0.29) is 17.0 Å². The predicted octanol–water partition coefficient (Wildman–Crippen LogP) is 3.41. The van der Waals surface area contributed by atoms with Gasteiger partial charge in [0.1, 0.15) is 5.82 Å². The largest absolute Gasteiger partial charge is 0.366 e. The monoisotopic (exact) mass is 368 g/mol. The molecule has 0 amide bonds. The standard InChI is InChI=1S/C21H25FN4O/c1-14-19-16(12-21(2,3)13-18(19)27)24-20(23-14)26-10-8-25(9-11-26)17-7-5-4-6-15(17)22/h4-7H,8-13H2,1-3H3. The van der Waals surface area contributed by atoms with Crippen LogP contribution < -0.4 is 9.80 Å². The van der Waals surface area contributed by atoms with Crippen LogP contribution in [-0.4, -0.2) is 41.9 Å². The zero-order valence-corrected chi connectivity index (χ0v) is 16.1. The van der Waals surface area contributed by atoms with Crippen LogP contribution in [-0.2, 0) is 6.42 Å². The summed E-state index contributed by atoms with van der Waals surface area (Å²) >= 11 is 0. The Kier molecular flexibility index (Phi) is 4.36. The zero-order valence-electron chi connectivity index (χ0n) is 16.1. The van der Waals surface area contributed by atoms with Crippen LogP contribution in [0.3, 0.4) is 0 Å². The maximum absolute atomic E-state index is 14.0. The van der Waals surface area contributed by atoms with Crippen LogP contribution in [0.15, 0.2) is 24.3 Å². The van der Waals surface area contributed by atoms with Crippen LogP contribution in [0.2, 0.25) is 0 Å². The van der Waals surface area contributed by atoms with E-state index in [0.29, 0.717) is 36.7 Å². The summed E-state index contributed by atoms with van der Waals surface area (Å²) in [6, 6.07) is 6.88. The smallest absolute Gasteiger partial charge is 0.225 e. The van der Waals surface area contributed by atoms with Gasteiger partial charge in [-0.1, -0.05) is 26.0 Å². The SMILES string of the molecule is Cc1nc(N2CCN(c3ccccc3F)CC2)nc2c1C(=O)CC(C)(C)C2. The van der Waals surface area contributed by atoms with Gasteiger partial charge < -0.3 is 9.80 Å². The van der Waals surface area contributed by atoms with Crippen molar-refractivity contribution in [2.75, 3.05) is 36.0 Å². The van der Waals surface area contributed by atoms with Crippen molar-refractivity contribution in [1.29, 1.82) is 0 Å². The quantitative estimate of drug-likeness (QED) is 0.813. The van der Waals surface area contributed by atoms with Crippen molar-refractivity contribution in [3.05, 3.63) is 47.0 Å². The fourth-order valence-electron chi connectivity index (χ4n) is 4.14. The lowest BCUT2D eigenvalue weighted by atomic mass is 9.75. The van der Waals surface area contributed by atoms with E-state index >= 15 is 0 Å². The van der Waals surface area contributed by atoms with Crippen LogP contribution in [0.25, 0.3) is 0 Å². The zero-order chi connectivity index (χ0) is 19.2. The summed E-state index contributed by atoms with van der Waals surface area (Å²) in [5, 5.41) is 0. The summed E-state index contributed by atoms with van der Waals surface area (Å²) in [6.45, 7) is 9.00. The highest BCUT2D eigenvalue weighted by atomic mass is 19.1. The molecule has 1 aliphatic heterocycles. The minimum absolute atomic E-state index is 0.0638. The highest BCUT2D eigenvalue weighted by molar-refractivity contribution is 5.99. The molecule has 4 rings (SSSR count). The number of aryl methyl sites for hydroxylation is 1. The number of carbonyl (C=O) groups is 1. The van der Waals surface area contributed by atoms with E-state index in [9.17, 15) is 9.18 Å². The van der Waals surface area contributed by atoms with E-state index in [1.54, 1.807) is 6.07 Å². The second-order valence-corrected chi connectivity index (χ2v) is 8.30. The number of ketones is 1. The average molecular weight is 368 g/mol. The third-order valence-electron chi connectivity index (χ3n) is 5.47. The maximum atomic E-state index is 14.0. The molecule has 0 saturated carbocycles. The first kappa shape index (κ1) is 17.9. The molecule has 1 fully saturated rings. The number of aromatic nitrogens is 2. The topological polar surface area (TPSA) is 49.3 Å². The molecule has 1 saturated heterocycles.